The van der Waals surface area contributed by atoms with Gasteiger partial charge in [-0.2, -0.15) is 0 Å². The van der Waals surface area contributed by atoms with E-state index >= 15 is 0 Å². The van der Waals surface area contributed by atoms with Gasteiger partial charge < -0.3 is 0 Å². The van der Waals surface area contributed by atoms with E-state index in [1.165, 1.54) is 20.9 Å². The molecule has 1 aromatic carbocycles. The van der Waals surface area contributed by atoms with Crippen LogP contribution in [0.3, 0.4) is 0 Å². The molecule has 0 aliphatic carbocycles. The average molecular weight is 293 g/mol. The Kier molecular flexibility index (Phi) is 4.37. The highest BCUT2D eigenvalue weighted by atomic mass is 35.5. The van der Waals surface area contributed by atoms with Gasteiger partial charge in [0.1, 0.15) is 0 Å². The molecule has 0 radical (unpaired) electrons. The van der Waals surface area contributed by atoms with E-state index in [9.17, 15) is 0 Å². The maximum absolute atomic E-state index is 6.56. The van der Waals surface area contributed by atoms with Crippen molar-refractivity contribution in [3.05, 3.63) is 57.3 Å². The van der Waals surface area contributed by atoms with Crippen LogP contribution < -0.4 is 0 Å². The molecule has 1 atom stereocenters. The fraction of sp³-hybridized carbons (Fsp3) is 0.412. The van der Waals surface area contributed by atoms with Gasteiger partial charge in [0.25, 0.3) is 0 Å². The van der Waals surface area contributed by atoms with Crippen LogP contribution in [0.2, 0.25) is 0 Å². The number of thiophene rings is 1. The first kappa shape index (κ1) is 14.6. The molecule has 0 bridgehead atoms. The van der Waals surface area contributed by atoms with Crippen LogP contribution in [0.4, 0.5) is 0 Å². The molecule has 0 saturated carbocycles. The Hall–Kier alpha value is -0.790. The summed E-state index contributed by atoms with van der Waals surface area (Å²) in [4.78, 5) is 2.53. The van der Waals surface area contributed by atoms with E-state index in [0.717, 1.165) is 6.42 Å². The van der Waals surface area contributed by atoms with Crippen LogP contribution >= 0.6 is 22.9 Å². The molecule has 19 heavy (non-hydrogen) atoms. The third-order valence-electron chi connectivity index (χ3n) is 3.88. The Balaban J connectivity index is 2.23. The fourth-order valence-electron chi connectivity index (χ4n) is 2.06. The molecular formula is C17H21ClS. The number of rotatable bonds is 4. The molecule has 0 saturated heterocycles. The lowest BCUT2D eigenvalue weighted by molar-refractivity contribution is 0.506. The minimum absolute atomic E-state index is 0.0301. The maximum atomic E-state index is 6.56. The molecule has 0 spiro atoms. The second-order valence-electron chi connectivity index (χ2n) is 5.67. The summed E-state index contributed by atoms with van der Waals surface area (Å²) in [5, 5.41) is -0.0301. The topological polar surface area (TPSA) is 0 Å². The van der Waals surface area contributed by atoms with E-state index in [1.807, 2.05) is 0 Å². The summed E-state index contributed by atoms with van der Waals surface area (Å²) >= 11 is 8.33. The lowest BCUT2D eigenvalue weighted by Crippen LogP contribution is -2.15. The van der Waals surface area contributed by atoms with Gasteiger partial charge in [0.05, 0.1) is 5.38 Å². The first-order valence-electron chi connectivity index (χ1n) is 6.75. The van der Waals surface area contributed by atoms with Gasteiger partial charge in [-0.25, -0.2) is 0 Å². The van der Waals surface area contributed by atoms with E-state index in [0.29, 0.717) is 0 Å². The standard InChI is InChI=1S/C17H21ClS/c1-5-17(3,4)14-9-7-13(8-10-14)16(18)15-11-6-12(2)19-15/h6-11,16H,5H2,1-4H3. The number of hydrogen-bond acceptors (Lipinski definition) is 1. The van der Waals surface area contributed by atoms with Crippen molar-refractivity contribution >= 4 is 22.9 Å². The third-order valence-corrected chi connectivity index (χ3v) is 5.56. The number of alkyl halides is 1. The van der Waals surface area contributed by atoms with Gasteiger partial charge in [-0.05, 0) is 42.0 Å². The minimum atomic E-state index is -0.0301. The summed E-state index contributed by atoms with van der Waals surface area (Å²) in [7, 11) is 0. The Labute approximate surface area is 125 Å². The van der Waals surface area contributed by atoms with Crippen molar-refractivity contribution in [2.75, 3.05) is 0 Å². The molecule has 2 rings (SSSR count). The zero-order chi connectivity index (χ0) is 14.0. The number of halogens is 1. The van der Waals surface area contributed by atoms with Gasteiger partial charge in [0.2, 0.25) is 0 Å². The Morgan fingerprint density at radius 3 is 2.21 bits per heavy atom. The van der Waals surface area contributed by atoms with Gasteiger partial charge in [0.15, 0.2) is 0 Å². The van der Waals surface area contributed by atoms with Gasteiger partial charge in [0, 0.05) is 9.75 Å². The normalized spacial score (nSPS) is 13.5. The van der Waals surface area contributed by atoms with Crippen LogP contribution in [-0.2, 0) is 5.41 Å². The average Bonchev–Trinajstić information content (AvgIpc) is 2.85. The van der Waals surface area contributed by atoms with Crippen LogP contribution in [0.15, 0.2) is 36.4 Å². The first-order chi connectivity index (χ1) is 8.94. The van der Waals surface area contributed by atoms with E-state index < -0.39 is 0 Å². The highest BCUT2D eigenvalue weighted by Crippen LogP contribution is 2.35. The maximum Gasteiger partial charge on any atom is 0.0927 e. The Morgan fingerprint density at radius 1 is 1.11 bits per heavy atom. The van der Waals surface area contributed by atoms with Crippen molar-refractivity contribution < 1.29 is 0 Å². The largest absolute Gasteiger partial charge is 0.144 e. The van der Waals surface area contributed by atoms with Crippen molar-refractivity contribution in [1.82, 2.24) is 0 Å². The summed E-state index contributed by atoms with van der Waals surface area (Å²) in [6, 6.07) is 13.0. The highest BCUT2D eigenvalue weighted by Gasteiger charge is 2.19. The minimum Gasteiger partial charge on any atom is -0.144 e. The number of aryl methyl sites for hydroxylation is 1. The zero-order valence-corrected chi connectivity index (χ0v) is 13.6. The molecule has 102 valence electrons. The molecule has 1 unspecified atom stereocenters. The van der Waals surface area contributed by atoms with E-state index in [-0.39, 0.29) is 10.8 Å². The summed E-state index contributed by atoms with van der Waals surface area (Å²) in [5.74, 6) is 0. The van der Waals surface area contributed by atoms with Crippen molar-refractivity contribution in [2.24, 2.45) is 0 Å². The third kappa shape index (κ3) is 3.21. The van der Waals surface area contributed by atoms with Crippen LogP contribution in [0, 0.1) is 6.92 Å². The summed E-state index contributed by atoms with van der Waals surface area (Å²) < 4.78 is 0. The monoisotopic (exact) mass is 292 g/mol. The quantitative estimate of drug-likeness (QED) is 0.600. The number of hydrogen-bond donors (Lipinski definition) is 0. The fourth-order valence-corrected chi connectivity index (χ4v) is 3.30. The molecule has 0 aliphatic heterocycles. The van der Waals surface area contributed by atoms with Crippen molar-refractivity contribution in [2.45, 2.75) is 44.9 Å². The second-order valence-corrected chi connectivity index (χ2v) is 7.43. The SMILES string of the molecule is CCC(C)(C)c1ccc(C(Cl)c2ccc(C)s2)cc1. The summed E-state index contributed by atoms with van der Waals surface area (Å²) in [5.41, 5.74) is 2.80. The molecule has 2 heteroatoms. The lowest BCUT2D eigenvalue weighted by Gasteiger charge is -2.23. The molecule has 2 aromatic rings. The van der Waals surface area contributed by atoms with Crippen LogP contribution in [0.25, 0.3) is 0 Å². The highest BCUT2D eigenvalue weighted by molar-refractivity contribution is 7.12. The van der Waals surface area contributed by atoms with Gasteiger partial charge >= 0.3 is 0 Å². The summed E-state index contributed by atoms with van der Waals surface area (Å²) in [6.07, 6.45) is 1.14. The molecule has 0 N–H and O–H groups in total. The van der Waals surface area contributed by atoms with Crippen LogP contribution in [-0.4, -0.2) is 0 Å². The van der Waals surface area contributed by atoms with Crippen LogP contribution in [0.1, 0.15) is 53.5 Å². The van der Waals surface area contributed by atoms with Crippen molar-refractivity contribution in [1.29, 1.82) is 0 Å². The van der Waals surface area contributed by atoms with Crippen molar-refractivity contribution in [3.63, 3.8) is 0 Å². The van der Waals surface area contributed by atoms with E-state index in [4.69, 9.17) is 11.6 Å². The second kappa shape index (κ2) is 5.68. The van der Waals surface area contributed by atoms with Crippen LogP contribution in [0.5, 0.6) is 0 Å². The predicted octanol–water partition coefficient (Wildman–Crippen LogP) is 6.07. The molecule has 1 heterocycles. The molecule has 0 nitrogen and oxygen atoms in total. The Morgan fingerprint density at radius 2 is 1.74 bits per heavy atom. The smallest absolute Gasteiger partial charge is 0.0927 e. The number of benzene rings is 1. The predicted molar refractivity (Wildman–Crippen MR) is 86.5 cm³/mol. The zero-order valence-electron chi connectivity index (χ0n) is 12.0. The van der Waals surface area contributed by atoms with Gasteiger partial charge in [-0.15, -0.1) is 22.9 Å². The molecule has 1 aromatic heterocycles. The van der Waals surface area contributed by atoms with Crippen molar-refractivity contribution in [3.8, 4) is 0 Å². The lowest BCUT2D eigenvalue weighted by atomic mass is 9.82. The molecule has 0 aliphatic rings. The Bertz CT molecular complexity index is 537. The van der Waals surface area contributed by atoms with Gasteiger partial charge in [-0.3, -0.25) is 0 Å². The molecule has 0 fully saturated rings. The van der Waals surface area contributed by atoms with E-state index in [2.05, 4.69) is 64.1 Å². The molecular weight excluding hydrogens is 272 g/mol. The van der Waals surface area contributed by atoms with E-state index in [1.54, 1.807) is 11.3 Å². The first-order valence-corrected chi connectivity index (χ1v) is 8.00. The van der Waals surface area contributed by atoms with Gasteiger partial charge in [-0.1, -0.05) is 45.0 Å². The molecule has 0 amide bonds. The summed E-state index contributed by atoms with van der Waals surface area (Å²) in [6.45, 7) is 8.91.